The monoisotopic (exact) mass is 271 g/mol. The van der Waals surface area contributed by atoms with E-state index in [1.807, 2.05) is 0 Å². The van der Waals surface area contributed by atoms with Crippen molar-refractivity contribution in [1.82, 2.24) is 0 Å². The average Bonchev–Trinajstić information content (AvgIpc) is 2.42. The number of rotatable bonds is 7. The van der Waals surface area contributed by atoms with E-state index >= 15 is 0 Å². The summed E-state index contributed by atoms with van der Waals surface area (Å²) >= 11 is 0. The van der Waals surface area contributed by atoms with Crippen LogP contribution in [0.3, 0.4) is 0 Å². The number of halogens is 1. The van der Waals surface area contributed by atoms with Gasteiger partial charge in [-0.2, -0.15) is 0 Å². The van der Waals surface area contributed by atoms with Crippen LogP contribution in [0.5, 0.6) is 17.2 Å². The second-order valence-corrected chi connectivity index (χ2v) is 3.39. The topological polar surface area (TPSA) is 70.8 Å². The van der Waals surface area contributed by atoms with Gasteiger partial charge in [0.25, 0.3) is 0 Å². The summed E-state index contributed by atoms with van der Waals surface area (Å²) in [6, 6.07) is 3.08. The highest BCUT2D eigenvalue weighted by Gasteiger charge is 2.13. The van der Waals surface area contributed by atoms with Crippen LogP contribution in [0.1, 0.15) is 5.56 Å². The van der Waals surface area contributed by atoms with Gasteiger partial charge in [0.1, 0.15) is 13.3 Å². The summed E-state index contributed by atoms with van der Waals surface area (Å²) in [5.74, 6) is 0.896. The summed E-state index contributed by atoms with van der Waals surface area (Å²) in [5.41, 5.74) is 0.512. The molecule has 0 aliphatic rings. The van der Waals surface area contributed by atoms with E-state index in [0.29, 0.717) is 17.1 Å². The lowest BCUT2D eigenvalue weighted by atomic mass is 10.2. The summed E-state index contributed by atoms with van der Waals surface area (Å²) in [6.45, 7) is -0.772. The first kappa shape index (κ1) is 14.7. The minimum absolute atomic E-state index is 0.128. The number of ether oxygens (including phenoxy) is 3. The Hall–Kier alpha value is -2.31. The van der Waals surface area contributed by atoms with Gasteiger partial charge in [-0.3, -0.25) is 10.1 Å². The fourth-order valence-corrected chi connectivity index (χ4v) is 1.43. The van der Waals surface area contributed by atoms with Crippen molar-refractivity contribution in [3.05, 3.63) is 34.0 Å². The van der Waals surface area contributed by atoms with Gasteiger partial charge in [0.15, 0.2) is 11.5 Å². The Morgan fingerprint density at radius 3 is 2.32 bits per heavy atom. The van der Waals surface area contributed by atoms with Crippen LogP contribution in [0, 0.1) is 10.1 Å². The van der Waals surface area contributed by atoms with Gasteiger partial charge in [0.05, 0.1) is 19.1 Å². The molecule has 1 aromatic carbocycles. The zero-order chi connectivity index (χ0) is 14.3. The lowest BCUT2D eigenvalue weighted by Gasteiger charge is -2.14. The van der Waals surface area contributed by atoms with Gasteiger partial charge >= 0.3 is 0 Å². The normalized spacial score (nSPS) is 10.5. The minimum Gasteiger partial charge on any atom is -0.493 e. The number of benzene rings is 1. The highest BCUT2D eigenvalue weighted by molar-refractivity contribution is 5.61. The molecule has 104 valence electrons. The predicted molar refractivity (Wildman–Crippen MR) is 67.0 cm³/mol. The quantitative estimate of drug-likeness (QED) is 0.562. The molecule has 0 fully saturated rings. The second kappa shape index (κ2) is 7.20. The lowest BCUT2D eigenvalue weighted by molar-refractivity contribution is -0.400. The number of hydrogen-bond donors (Lipinski definition) is 0. The van der Waals surface area contributed by atoms with Gasteiger partial charge in [-0.05, 0) is 17.7 Å². The Morgan fingerprint density at radius 1 is 1.32 bits per heavy atom. The summed E-state index contributed by atoms with van der Waals surface area (Å²) in [6.07, 6.45) is 2.10. The van der Waals surface area contributed by atoms with Crippen molar-refractivity contribution < 1.29 is 23.5 Å². The summed E-state index contributed by atoms with van der Waals surface area (Å²) in [4.78, 5) is 9.70. The Kier molecular flexibility index (Phi) is 5.59. The molecule has 0 heterocycles. The molecule has 0 atom stereocenters. The van der Waals surface area contributed by atoms with Crippen molar-refractivity contribution in [3.63, 3.8) is 0 Å². The molecule has 0 aliphatic heterocycles. The predicted octanol–water partition coefficient (Wildman–Crippen LogP) is 2.30. The number of alkyl halides is 1. The van der Waals surface area contributed by atoms with E-state index in [1.54, 1.807) is 0 Å². The number of hydrogen-bond acceptors (Lipinski definition) is 5. The third-order valence-corrected chi connectivity index (χ3v) is 2.20. The summed E-state index contributed by atoms with van der Waals surface area (Å²) in [7, 11) is 2.83. The maximum absolute atomic E-state index is 12.1. The SMILES string of the molecule is COc1cc(C=C[N+](=O)[O-])cc(OC)c1OCCF. The Bertz CT molecular complexity index is 450. The van der Waals surface area contributed by atoms with E-state index in [-0.39, 0.29) is 12.4 Å². The van der Waals surface area contributed by atoms with Crippen LogP contribution in [0.25, 0.3) is 6.08 Å². The molecule has 0 aromatic heterocycles. The second-order valence-electron chi connectivity index (χ2n) is 3.39. The molecule has 0 bridgehead atoms. The zero-order valence-corrected chi connectivity index (χ0v) is 10.6. The molecule has 19 heavy (non-hydrogen) atoms. The first-order valence-corrected chi connectivity index (χ1v) is 5.38. The molecular formula is C12H14FNO5. The largest absolute Gasteiger partial charge is 0.493 e. The van der Waals surface area contributed by atoms with Gasteiger partial charge in [-0.25, -0.2) is 4.39 Å². The highest BCUT2D eigenvalue weighted by Crippen LogP contribution is 2.38. The van der Waals surface area contributed by atoms with Crippen LogP contribution in [-0.4, -0.2) is 32.4 Å². The number of nitrogens with zero attached hydrogens (tertiary/aromatic N) is 1. The van der Waals surface area contributed by atoms with Crippen molar-refractivity contribution in [3.8, 4) is 17.2 Å². The first-order valence-electron chi connectivity index (χ1n) is 5.38. The molecular weight excluding hydrogens is 257 g/mol. The fourth-order valence-electron chi connectivity index (χ4n) is 1.43. The molecule has 0 aliphatic carbocycles. The van der Waals surface area contributed by atoms with Crippen LogP contribution in [-0.2, 0) is 0 Å². The summed E-state index contributed by atoms with van der Waals surface area (Å²) in [5, 5.41) is 10.3. The van der Waals surface area contributed by atoms with E-state index in [0.717, 1.165) is 6.20 Å². The van der Waals surface area contributed by atoms with Crippen LogP contribution < -0.4 is 14.2 Å². The zero-order valence-electron chi connectivity index (χ0n) is 10.6. The molecule has 0 spiro atoms. The number of nitro groups is 1. The maximum atomic E-state index is 12.1. The van der Waals surface area contributed by atoms with Crippen LogP contribution >= 0.6 is 0 Å². The molecule has 0 N–H and O–H groups in total. The number of methoxy groups -OCH3 is 2. The van der Waals surface area contributed by atoms with Crippen molar-refractivity contribution >= 4 is 6.08 Å². The summed E-state index contributed by atoms with van der Waals surface area (Å²) < 4.78 is 27.5. The maximum Gasteiger partial charge on any atom is 0.235 e. The molecule has 0 unspecified atom stereocenters. The smallest absolute Gasteiger partial charge is 0.235 e. The van der Waals surface area contributed by atoms with Crippen LogP contribution in [0.2, 0.25) is 0 Å². The third kappa shape index (κ3) is 4.13. The molecule has 1 rings (SSSR count). The van der Waals surface area contributed by atoms with E-state index in [2.05, 4.69) is 0 Å². The lowest BCUT2D eigenvalue weighted by Crippen LogP contribution is -2.03. The van der Waals surface area contributed by atoms with Crippen molar-refractivity contribution in [2.24, 2.45) is 0 Å². The molecule has 0 radical (unpaired) electrons. The molecule has 0 saturated carbocycles. The Balaban J connectivity index is 3.15. The first-order chi connectivity index (χ1) is 9.12. The third-order valence-electron chi connectivity index (χ3n) is 2.20. The fraction of sp³-hybridized carbons (Fsp3) is 0.333. The van der Waals surface area contributed by atoms with Crippen LogP contribution in [0.15, 0.2) is 18.3 Å². The van der Waals surface area contributed by atoms with Crippen molar-refractivity contribution in [2.75, 3.05) is 27.5 Å². The molecule has 6 nitrogen and oxygen atoms in total. The molecule has 1 aromatic rings. The van der Waals surface area contributed by atoms with E-state index < -0.39 is 11.6 Å². The van der Waals surface area contributed by atoms with E-state index in [1.165, 1.54) is 32.4 Å². The highest BCUT2D eigenvalue weighted by atomic mass is 19.1. The van der Waals surface area contributed by atoms with E-state index in [4.69, 9.17) is 14.2 Å². The average molecular weight is 271 g/mol. The van der Waals surface area contributed by atoms with Gasteiger partial charge in [-0.1, -0.05) is 0 Å². The van der Waals surface area contributed by atoms with Gasteiger partial charge in [0, 0.05) is 6.08 Å². The molecule has 0 saturated heterocycles. The molecule has 7 heteroatoms. The Morgan fingerprint density at radius 2 is 1.89 bits per heavy atom. The standard InChI is InChI=1S/C12H14FNO5/c1-17-10-7-9(3-5-14(15)16)8-11(18-2)12(10)19-6-4-13/h3,5,7-8H,4,6H2,1-2H3. The minimum atomic E-state index is -0.644. The Labute approximate surface area is 109 Å². The van der Waals surface area contributed by atoms with Gasteiger partial charge < -0.3 is 14.2 Å². The van der Waals surface area contributed by atoms with E-state index in [9.17, 15) is 14.5 Å². The van der Waals surface area contributed by atoms with Crippen molar-refractivity contribution in [1.29, 1.82) is 0 Å². The van der Waals surface area contributed by atoms with Crippen LogP contribution in [0.4, 0.5) is 4.39 Å². The van der Waals surface area contributed by atoms with Crippen molar-refractivity contribution in [2.45, 2.75) is 0 Å². The molecule has 0 amide bonds. The van der Waals surface area contributed by atoms with Gasteiger partial charge in [0.2, 0.25) is 11.9 Å². The van der Waals surface area contributed by atoms with Gasteiger partial charge in [-0.15, -0.1) is 0 Å².